The van der Waals surface area contributed by atoms with E-state index in [0.29, 0.717) is 6.26 Å². The van der Waals surface area contributed by atoms with Crippen LogP contribution in [0.15, 0.2) is 41.3 Å². The summed E-state index contributed by atoms with van der Waals surface area (Å²) >= 11 is 0. The number of aliphatic hydroxyl groups is 1. The number of carbonyl (C=O) groups is 1. The lowest BCUT2D eigenvalue weighted by molar-refractivity contribution is -0.300. The number of rotatable bonds is 4. The van der Waals surface area contributed by atoms with Crippen molar-refractivity contribution in [2.24, 2.45) is 0 Å². The number of hydrogen-bond acceptors (Lipinski definition) is 5. The first kappa shape index (κ1) is 24.0. The van der Waals surface area contributed by atoms with Crippen LogP contribution in [0.3, 0.4) is 0 Å². The van der Waals surface area contributed by atoms with Gasteiger partial charge in [-0.25, -0.2) is 21.6 Å². The molecule has 1 unspecified atom stereocenters. The Labute approximate surface area is 178 Å². The molecule has 0 aromatic heterocycles. The molecule has 0 saturated carbocycles. The highest BCUT2D eigenvalue weighted by atomic mass is 32.2. The summed E-state index contributed by atoms with van der Waals surface area (Å²) in [7, 11) is -4.78. The van der Waals surface area contributed by atoms with Crippen LogP contribution in [0.5, 0.6) is 0 Å². The van der Waals surface area contributed by atoms with Crippen molar-refractivity contribution in [2.45, 2.75) is 36.3 Å². The van der Waals surface area contributed by atoms with Crippen molar-refractivity contribution in [3.05, 3.63) is 59.2 Å². The Morgan fingerprint density at radius 3 is 2.12 bits per heavy atom. The highest BCUT2D eigenvalue weighted by Crippen LogP contribution is 2.56. The first-order chi connectivity index (χ1) is 14.5. The van der Waals surface area contributed by atoms with E-state index in [4.69, 9.17) is 0 Å². The van der Waals surface area contributed by atoms with Crippen LogP contribution in [0.4, 0.5) is 32.1 Å². The third-order valence-corrected chi connectivity index (χ3v) is 5.89. The molecule has 0 saturated heterocycles. The van der Waals surface area contributed by atoms with E-state index in [1.165, 1.54) is 30.3 Å². The van der Waals surface area contributed by atoms with Gasteiger partial charge in [-0.1, -0.05) is 18.2 Å². The molecule has 1 atom stereocenters. The van der Waals surface area contributed by atoms with E-state index in [1.807, 2.05) is 0 Å². The fourth-order valence-corrected chi connectivity index (χ4v) is 4.34. The third-order valence-electron chi connectivity index (χ3n) is 4.77. The van der Waals surface area contributed by atoms with Crippen LogP contribution in [-0.4, -0.2) is 36.5 Å². The lowest BCUT2D eigenvalue weighted by Crippen LogP contribution is -2.58. The van der Waals surface area contributed by atoms with Gasteiger partial charge in [0.2, 0.25) is 0 Å². The van der Waals surface area contributed by atoms with Crippen molar-refractivity contribution in [3.63, 3.8) is 0 Å². The van der Waals surface area contributed by atoms with E-state index < -0.39 is 66.1 Å². The minimum absolute atomic E-state index is 0.173. The summed E-state index contributed by atoms with van der Waals surface area (Å²) < 4.78 is 112. The maximum atomic E-state index is 15.9. The molecule has 0 spiro atoms. The maximum absolute atomic E-state index is 15.9. The third kappa shape index (κ3) is 3.35. The van der Waals surface area contributed by atoms with E-state index in [1.54, 1.807) is 0 Å². The van der Waals surface area contributed by atoms with Gasteiger partial charge in [0.15, 0.2) is 15.7 Å². The number of alkyl halides is 3. The van der Waals surface area contributed by atoms with Crippen LogP contribution in [0.2, 0.25) is 0 Å². The molecule has 1 aliphatic rings. The molecule has 2 aromatic carbocycles. The number of amides is 1. The van der Waals surface area contributed by atoms with Gasteiger partial charge in [-0.05, 0) is 37.2 Å². The Hall–Kier alpha value is -2.64. The quantitative estimate of drug-likeness (QED) is 0.313. The Morgan fingerprint density at radius 2 is 1.66 bits per heavy atom. The molecule has 1 N–H and O–H groups in total. The van der Waals surface area contributed by atoms with E-state index in [2.05, 4.69) is 0 Å². The van der Waals surface area contributed by atoms with Gasteiger partial charge < -0.3 is 5.11 Å². The average molecular weight is 482 g/mol. The van der Waals surface area contributed by atoms with Crippen LogP contribution in [0.1, 0.15) is 25.0 Å². The summed E-state index contributed by atoms with van der Waals surface area (Å²) in [5, 5.41) is 8.46. The van der Waals surface area contributed by atoms with Crippen molar-refractivity contribution in [2.75, 3.05) is 11.2 Å². The van der Waals surface area contributed by atoms with Gasteiger partial charge in [0.05, 0.1) is 5.56 Å². The lowest BCUT2D eigenvalue weighted by atomic mass is 9.99. The number of carbonyl (C=O) groups excluding carboxylic acids is 1. The second-order valence-corrected chi connectivity index (χ2v) is 9.56. The highest BCUT2D eigenvalue weighted by molar-refractivity contribution is 7.90. The predicted molar refractivity (Wildman–Crippen MR) is 99.3 cm³/mol. The normalized spacial score (nSPS) is 20.8. The zero-order chi connectivity index (χ0) is 24.4. The molecular formula is C19H16F6N2O4S. The fourth-order valence-electron chi connectivity index (χ4n) is 3.50. The zero-order valence-corrected chi connectivity index (χ0v) is 17.5. The second-order valence-electron chi connectivity index (χ2n) is 7.61. The standard InChI is InChI=1S/C19H16F6N2O4S/c1-17(2,29)26(10-7-5-4-6-8-10)16(28)18(22)11-9-12(20)15(32(3,30)31)14(21)13(11)19(23,24)27(18)25/h4-9,29H,1-3H3. The molecular weight excluding hydrogens is 466 g/mol. The number of para-hydroxylation sites is 1. The molecule has 174 valence electrons. The number of anilines is 1. The Morgan fingerprint density at radius 1 is 1.12 bits per heavy atom. The number of hydrogen-bond donors (Lipinski definition) is 1. The molecule has 32 heavy (non-hydrogen) atoms. The van der Waals surface area contributed by atoms with Gasteiger partial charge in [-0.15, -0.1) is 4.48 Å². The zero-order valence-electron chi connectivity index (χ0n) is 16.7. The molecule has 3 rings (SSSR count). The van der Waals surface area contributed by atoms with Gasteiger partial charge in [0.25, 0.3) is 5.91 Å². The molecule has 0 aliphatic carbocycles. The van der Waals surface area contributed by atoms with Crippen LogP contribution >= 0.6 is 0 Å². The van der Waals surface area contributed by atoms with Gasteiger partial charge in [-0.2, -0.15) is 8.78 Å². The molecule has 0 fully saturated rings. The van der Waals surface area contributed by atoms with Crippen molar-refractivity contribution in [3.8, 4) is 0 Å². The van der Waals surface area contributed by atoms with Gasteiger partial charge in [0, 0.05) is 17.5 Å². The summed E-state index contributed by atoms with van der Waals surface area (Å²) in [6.45, 7) is 1.93. The summed E-state index contributed by atoms with van der Waals surface area (Å²) in [5.74, 6) is -11.1. The minimum Gasteiger partial charge on any atom is -0.371 e. The van der Waals surface area contributed by atoms with Gasteiger partial charge in [-0.3, -0.25) is 9.69 Å². The van der Waals surface area contributed by atoms with Crippen LogP contribution in [-0.2, 0) is 26.5 Å². The van der Waals surface area contributed by atoms with Gasteiger partial charge in [0.1, 0.15) is 16.4 Å². The molecule has 6 nitrogen and oxygen atoms in total. The lowest BCUT2D eigenvalue weighted by Gasteiger charge is -2.38. The highest BCUT2D eigenvalue weighted by Gasteiger charge is 2.70. The van der Waals surface area contributed by atoms with Crippen molar-refractivity contribution >= 4 is 21.4 Å². The van der Waals surface area contributed by atoms with Crippen LogP contribution in [0.25, 0.3) is 0 Å². The fraction of sp³-hybridized carbons (Fsp3) is 0.316. The SMILES string of the molecule is CC(C)(O)N(C(=O)C1(F)c2cc(F)c(S(C)(=O)=O)c(F)c2C(F)(F)N1F)c1ccccc1. The Bertz CT molecular complexity index is 1200. The summed E-state index contributed by atoms with van der Waals surface area (Å²) in [4.78, 5) is 11.5. The number of halogens is 6. The van der Waals surface area contributed by atoms with Crippen LogP contribution in [0, 0.1) is 11.6 Å². The van der Waals surface area contributed by atoms with Crippen molar-refractivity contribution in [1.29, 1.82) is 0 Å². The molecule has 1 aliphatic heterocycles. The molecule has 0 radical (unpaired) electrons. The summed E-state index contributed by atoms with van der Waals surface area (Å²) in [6, 6.07) is 1.13. The topological polar surface area (TPSA) is 77.9 Å². The molecule has 1 amide bonds. The number of fused-ring (bicyclic) bond motifs is 1. The minimum atomic E-state index is -5.20. The summed E-state index contributed by atoms with van der Waals surface area (Å²) in [6.07, 6.45) is 0.306. The molecule has 13 heteroatoms. The average Bonchev–Trinajstić information content (AvgIpc) is 2.79. The van der Waals surface area contributed by atoms with E-state index in [0.717, 1.165) is 13.8 Å². The maximum Gasteiger partial charge on any atom is 0.363 e. The smallest absolute Gasteiger partial charge is 0.363 e. The number of nitrogens with zero attached hydrogens (tertiary/aromatic N) is 2. The van der Waals surface area contributed by atoms with Gasteiger partial charge >= 0.3 is 11.8 Å². The first-order valence-electron chi connectivity index (χ1n) is 8.84. The largest absolute Gasteiger partial charge is 0.371 e. The Kier molecular flexibility index (Phi) is 5.39. The molecule has 0 bridgehead atoms. The molecule has 1 heterocycles. The Balaban J connectivity index is 2.35. The van der Waals surface area contributed by atoms with E-state index in [9.17, 15) is 40.4 Å². The summed E-state index contributed by atoms with van der Waals surface area (Å²) in [5.41, 5.74) is -6.47. The number of benzene rings is 2. The second kappa shape index (κ2) is 7.18. The molecule has 2 aromatic rings. The monoisotopic (exact) mass is 482 g/mol. The van der Waals surface area contributed by atoms with Crippen LogP contribution < -0.4 is 4.90 Å². The van der Waals surface area contributed by atoms with E-state index >= 15 is 4.39 Å². The first-order valence-corrected chi connectivity index (χ1v) is 10.7. The number of sulfone groups is 1. The van der Waals surface area contributed by atoms with E-state index in [-0.39, 0.29) is 16.7 Å². The van der Waals surface area contributed by atoms with Crippen molar-refractivity contribution in [1.82, 2.24) is 5.12 Å². The van der Waals surface area contributed by atoms with Crippen molar-refractivity contribution < 1.29 is 44.8 Å². The predicted octanol–water partition coefficient (Wildman–Crippen LogP) is 3.50.